The largest absolute Gasteiger partial charge is 0.461 e. The van der Waals surface area contributed by atoms with Crippen molar-refractivity contribution >= 4 is 115 Å². The number of amides is 8. The van der Waals surface area contributed by atoms with E-state index in [1.165, 1.54) is 37.7 Å². The van der Waals surface area contributed by atoms with Crippen molar-refractivity contribution in [1.82, 2.24) is 25.8 Å². The molecule has 10 N–H and O–H groups in total. The number of benzene rings is 5. The quantitative estimate of drug-likeness (QED) is 0.0171. The number of alkyl halides is 2. The summed E-state index contributed by atoms with van der Waals surface area (Å²) >= 11 is 13.3. The van der Waals surface area contributed by atoms with E-state index in [2.05, 4.69) is 16.0 Å². The molecule has 5 aromatic rings. The molecule has 1 saturated heterocycles. The van der Waals surface area contributed by atoms with Gasteiger partial charge in [-0.05, 0) is 104 Å². The number of aliphatic hydroxyl groups excluding tert-OH is 3. The number of hydrogen-bond acceptors (Lipinski definition) is 18. The number of nitrogens with two attached hydrogens (primary N) is 2. The SMILES string of the molecule is CC(=O)NC(CCCCN)C(=O)CC(C(=O)NC(CCCNC(N)=O)C(=O)Cc1ccc(COC(=O)N(C)CCN(C)C(=O)Oc2cc3c(c4ccccc24)C(CCl)CN3C(=O)C23CC(C(=O)N4CC(CCl)c5c4cc(OC4OC(C(C)=O)C(O)C(O)C4O)c4ccccc54)(C2)C3)cc1)C(C)C. The molecule has 5 aromatic carbocycles. The lowest BCUT2D eigenvalue weighted by atomic mass is 9.34. The van der Waals surface area contributed by atoms with Crippen LogP contribution in [0.1, 0.15) is 120 Å². The van der Waals surface area contributed by atoms with E-state index in [0.29, 0.717) is 65.5 Å². The van der Waals surface area contributed by atoms with E-state index in [-0.39, 0.29) is 148 Å². The number of hydrogen-bond donors (Lipinski definition) is 8. The van der Waals surface area contributed by atoms with Crippen molar-refractivity contribution in [1.29, 1.82) is 0 Å². The minimum Gasteiger partial charge on any atom is -0.461 e. The number of rotatable bonds is 31. The van der Waals surface area contributed by atoms with Crippen LogP contribution in [-0.2, 0) is 56.1 Å². The van der Waals surface area contributed by atoms with Gasteiger partial charge in [0.15, 0.2) is 17.3 Å². The van der Waals surface area contributed by atoms with Gasteiger partial charge in [0.2, 0.25) is 29.9 Å². The fourth-order valence-corrected chi connectivity index (χ4v) is 15.5. The van der Waals surface area contributed by atoms with Gasteiger partial charge >= 0.3 is 18.2 Å². The smallest absolute Gasteiger partial charge is 0.415 e. The van der Waals surface area contributed by atoms with Gasteiger partial charge in [0, 0.05) is 119 Å². The number of nitrogens with zero attached hydrogens (tertiary/aromatic N) is 4. The van der Waals surface area contributed by atoms with Crippen LogP contribution < -0.4 is 46.7 Å². The van der Waals surface area contributed by atoms with E-state index in [9.17, 15) is 53.7 Å². The van der Waals surface area contributed by atoms with Crippen LogP contribution in [0.3, 0.4) is 0 Å². The average molecular weight is 1450 g/mol. The maximum absolute atomic E-state index is 15.1. The van der Waals surface area contributed by atoms with Gasteiger partial charge in [-0.2, -0.15) is 0 Å². The Morgan fingerprint density at radius 2 is 1.19 bits per heavy atom. The molecule has 4 fully saturated rings. The van der Waals surface area contributed by atoms with Crippen molar-refractivity contribution in [2.45, 2.75) is 153 Å². The molecule has 0 radical (unpaired) electrons. The van der Waals surface area contributed by atoms with Crippen molar-refractivity contribution < 1.29 is 82.2 Å². The van der Waals surface area contributed by atoms with Gasteiger partial charge in [0.25, 0.3) is 0 Å². The van der Waals surface area contributed by atoms with Gasteiger partial charge < -0.3 is 81.3 Å². The number of nitrogens with one attached hydrogen (secondary N) is 3. The monoisotopic (exact) mass is 1450 g/mol. The van der Waals surface area contributed by atoms with Crippen LogP contribution in [-0.4, -0.2) is 192 Å². The zero-order chi connectivity index (χ0) is 73.6. The molecule has 0 aromatic heterocycles. The summed E-state index contributed by atoms with van der Waals surface area (Å²) < 4.78 is 23.7. The highest BCUT2D eigenvalue weighted by molar-refractivity contribution is 6.20. The Hall–Kier alpha value is -8.50. The van der Waals surface area contributed by atoms with Gasteiger partial charge in [-0.25, -0.2) is 14.4 Å². The first-order valence-electron chi connectivity index (χ1n) is 34.6. The van der Waals surface area contributed by atoms with E-state index >= 15 is 9.59 Å². The summed E-state index contributed by atoms with van der Waals surface area (Å²) in [5.41, 5.74) is 13.1. The summed E-state index contributed by atoms with van der Waals surface area (Å²) in [7, 11) is 3.05. The number of anilines is 2. The lowest BCUT2D eigenvalue weighted by Gasteiger charge is -2.69. The van der Waals surface area contributed by atoms with Crippen molar-refractivity contribution in [3.8, 4) is 11.5 Å². The van der Waals surface area contributed by atoms with Crippen molar-refractivity contribution in [3.05, 3.63) is 107 Å². The normalized spacial score (nSPS) is 23.2. The number of carbonyl (C=O) groups excluding carboxylic acids is 10. The molecule has 0 spiro atoms. The number of Topliss-reactive ketones (excluding diaryl/α,β-unsaturated/α-hetero) is 3. The molecule has 8 amide bonds. The molecule has 10 unspecified atom stereocenters. The lowest BCUT2D eigenvalue weighted by molar-refractivity contribution is -0.265. The third-order valence-corrected chi connectivity index (χ3v) is 21.3. The highest BCUT2D eigenvalue weighted by atomic mass is 35.5. The Balaban J connectivity index is 0.742. The third-order valence-electron chi connectivity index (χ3n) is 20.6. The number of fused-ring (bicyclic) bond motifs is 6. The van der Waals surface area contributed by atoms with Crippen LogP contribution in [0.2, 0.25) is 0 Å². The van der Waals surface area contributed by atoms with E-state index in [1.54, 1.807) is 72.2 Å². The van der Waals surface area contributed by atoms with Crippen molar-refractivity contribution in [3.63, 3.8) is 0 Å². The number of ketones is 3. The van der Waals surface area contributed by atoms with Gasteiger partial charge in [-0.3, -0.25) is 33.6 Å². The van der Waals surface area contributed by atoms with E-state index in [0.717, 1.165) is 21.9 Å². The first kappa shape index (κ1) is 76.1. The molecule has 6 aliphatic rings. The molecule has 548 valence electrons. The summed E-state index contributed by atoms with van der Waals surface area (Å²) in [5.74, 6) is -3.33. The molecule has 3 aliphatic heterocycles. The first-order valence-corrected chi connectivity index (χ1v) is 35.7. The molecular formula is C74H91Cl2N9O17. The summed E-state index contributed by atoms with van der Waals surface area (Å²) in [6, 6.07) is 22.3. The van der Waals surface area contributed by atoms with Crippen LogP contribution in [0, 0.1) is 22.7 Å². The minimum atomic E-state index is -1.75. The van der Waals surface area contributed by atoms with E-state index < -0.39 is 89.4 Å². The van der Waals surface area contributed by atoms with E-state index in [1.807, 2.05) is 36.4 Å². The number of urea groups is 1. The summed E-state index contributed by atoms with van der Waals surface area (Å²) in [6.45, 7) is 7.15. The van der Waals surface area contributed by atoms with Crippen LogP contribution in [0.25, 0.3) is 21.5 Å². The van der Waals surface area contributed by atoms with Crippen LogP contribution >= 0.6 is 23.2 Å². The number of carbonyl (C=O) groups is 10. The molecule has 11 rings (SSSR count). The Morgan fingerprint density at radius 3 is 1.72 bits per heavy atom. The molecule has 28 heteroatoms. The number of ether oxygens (including phenoxy) is 4. The summed E-state index contributed by atoms with van der Waals surface area (Å²) in [6.07, 6.45) is -6.92. The second kappa shape index (κ2) is 32.4. The zero-order valence-corrected chi connectivity index (χ0v) is 59.6. The zero-order valence-electron chi connectivity index (χ0n) is 58.1. The predicted octanol–water partition coefficient (Wildman–Crippen LogP) is 6.59. The number of likely N-dealkylation sites (N-methyl/N-ethyl adjacent to an activating group) is 2. The minimum absolute atomic E-state index is 0.0338. The third kappa shape index (κ3) is 16.1. The Bertz CT molecular complexity index is 4010. The number of aliphatic hydroxyl groups is 3. The second-order valence-electron chi connectivity index (χ2n) is 28.2. The van der Waals surface area contributed by atoms with Crippen LogP contribution in [0.15, 0.2) is 84.9 Å². The molecule has 3 saturated carbocycles. The van der Waals surface area contributed by atoms with Crippen LogP contribution in [0.5, 0.6) is 11.5 Å². The van der Waals surface area contributed by atoms with Gasteiger partial charge in [0.1, 0.15) is 42.5 Å². The number of unbranched alkanes of at least 4 members (excludes halogenated alkanes) is 1. The van der Waals surface area contributed by atoms with Gasteiger partial charge in [0.05, 0.1) is 34.3 Å². The molecule has 3 heterocycles. The second-order valence-corrected chi connectivity index (χ2v) is 28.9. The lowest BCUT2D eigenvalue weighted by Crippen LogP contribution is -2.73. The first-order chi connectivity index (χ1) is 48.6. The van der Waals surface area contributed by atoms with Crippen molar-refractivity contribution in [2.75, 3.05) is 74.9 Å². The molecule has 3 aliphatic carbocycles. The fourth-order valence-electron chi connectivity index (χ4n) is 15.0. The molecule has 26 nitrogen and oxygen atoms in total. The van der Waals surface area contributed by atoms with Crippen LogP contribution in [0.4, 0.5) is 25.8 Å². The summed E-state index contributed by atoms with van der Waals surface area (Å²) in [4.78, 5) is 141. The standard InChI is InChI=1S/C74H91Cl2N9O17/c1-40(2)51(29-57(89)52(80-42(4)87)18-11-12-24-77)66(93)81-53(19-13-25-79-70(78)96)56(88)28-43-20-22-44(23-21-43)36-99-71(97)82(5)26-27-83(6)72(98)101-59-31-55-61(50-17-10-8-15-48(50)59)46(33-76)35-85(55)69(95)74-37-73(38-74,39-74)68(94)84-34-45(32-75)60-49-16-9-7-14-47(49)58(30-54(60)84)100-67-64(92)62(90)63(91)65(102-67)41(3)86/h7-10,14-17,20-23,30-31,40,45-46,51-53,62-65,67,90-92H,11-13,18-19,24-29,32-39,77H2,1-6H3,(H,80,87)(H,81,93)(H3,78,79,96). The topological polar surface area (TPSA) is 369 Å². The summed E-state index contributed by atoms with van der Waals surface area (Å²) in [5, 5.41) is 43.0. The number of primary amides is 1. The Morgan fingerprint density at radius 1 is 0.667 bits per heavy atom. The highest BCUT2D eigenvalue weighted by Crippen LogP contribution is 2.75. The van der Waals surface area contributed by atoms with Gasteiger partial charge in [-0.15, -0.1) is 23.2 Å². The van der Waals surface area contributed by atoms with Gasteiger partial charge in [-0.1, -0.05) is 86.6 Å². The van der Waals surface area contributed by atoms with Crippen molar-refractivity contribution in [2.24, 2.45) is 34.1 Å². The number of halogens is 2. The maximum atomic E-state index is 15.1. The van der Waals surface area contributed by atoms with E-state index in [4.69, 9.17) is 53.6 Å². The maximum Gasteiger partial charge on any atom is 0.415 e. The predicted molar refractivity (Wildman–Crippen MR) is 380 cm³/mol. The Labute approximate surface area is 601 Å². The molecule has 102 heavy (non-hydrogen) atoms. The molecular weight excluding hydrogens is 1360 g/mol. The molecule has 10 atom stereocenters. The molecule has 2 bridgehead atoms. The fraction of sp³-hybridized carbons (Fsp3) is 0.514. The average Bonchev–Trinajstić information content (AvgIpc) is 0.968. The Kier molecular flexibility index (Phi) is 24.2. The highest BCUT2D eigenvalue weighted by Gasteiger charge is 2.76.